The summed E-state index contributed by atoms with van der Waals surface area (Å²) < 4.78 is 59.3. The lowest BCUT2D eigenvalue weighted by molar-refractivity contribution is 0.0686. The molecule has 2 aromatic carbocycles. The van der Waals surface area contributed by atoms with E-state index in [1.54, 1.807) is 0 Å². The van der Waals surface area contributed by atoms with Crippen molar-refractivity contribution < 1.29 is 45.7 Å². The van der Waals surface area contributed by atoms with Gasteiger partial charge >= 0.3 is 11.9 Å². The van der Waals surface area contributed by atoms with Gasteiger partial charge in [0.2, 0.25) is 0 Å². The minimum absolute atomic E-state index is 0.0348. The summed E-state index contributed by atoms with van der Waals surface area (Å²) in [5, 5.41) is 17.0. The van der Waals surface area contributed by atoms with Crippen molar-refractivity contribution in [2.24, 2.45) is 0 Å². The van der Waals surface area contributed by atoms with Crippen LogP contribution in [0.4, 0.5) is 0 Å². The van der Waals surface area contributed by atoms with Gasteiger partial charge in [-0.25, -0.2) is 9.59 Å². The first-order chi connectivity index (χ1) is 11.8. The van der Waals surface area contributed by atoms with Crippen LogP contribution in [-0.2, 0) is 20.2 Å². The number of carboxylic acids is 2. The van der Waals surface area contributed by atoms with Crippen molar-refractivity contribution in [3.05, 3.63) is 59.7 Å². The molecule has 0 aromatic heterocycles. The van der Waals surface area contributed by atoms with Crippen molar-refractivity contribution in [3.8, 4) is 0 Å². The van der Waals surface area contributed by atoms with Gasteiger partial charge in [0.15, 0.2) is 0 Å². The van der Waals surface area contributed by atoms with Crippen LogP contribution in [0.5, 0.6) is 0 Å². The van der Waals surface area contributed by atoms with E-state index < -0.39 is 37.1 Å². The summed E-state index contributed by atoms with van der Waals surface area (Å²) >= 11 is 0. The van der Waals surface area contributed by atoms with Gasteiger partial charge < -0.3 is 10.2 Å². The Kier molecular flexibility index (Phi) is 6.58. The molecule has 26 heavy (non-hydrogen) atoms. The topological polar surface area (TPSA) is 183 Å². The zero-order chi connectivity index (χ0) is 20.1. The van der Waals surface area contributed by atoms with E-state index in [0.29, 0.717) is 0 Å². The minimum atomic E-state index is -4.32. The zero-order valence-electron chi connectivity index (χ0n) is 12.7. The summed E-state index contributed by atoms with van der Waals surface area (Å²) in [6.45, 7) is 0. The quantitative estimate of drug-likeness (QED) is 0.541. The van der Waals surface area contributed by atoms with Crippen LogP contribution in [0.2, 0.25) is 0 Å². The molecule has 0 bridgehead atoms. The summed E-state index contributed by atoms with van der Waals surface area (Å²) in [4.78, 5) is 20.0. The minimum Gasteiger partial charge on any atom is -0.478 e. The molecule has 0 radical (unpaired) electrons. The van der Waals surface area contributed by atoms with E-state index in [4.69, 9.17) is 19.3 Å². The first kappa shape index (κ1) is 21.2. The lowest BCUT2D eigenvalue weighted by atomic mass is 10.2. The SMILES string of the molecule is O=C(O)c1ccc(S(=O)(=O)O)cc1.O=C(O)c1cccc(S(=O)(=O)O)c1. The molecule has 140 valence electrons. The van der Waals surface area contributed by atoms with Gasteiger partial charge in [0.05, 0.1) is 20.9 Å². The van der Waals surface area contributed by atoms with Crippen molar-refractivity contribution in [3.63, 3.8) is 0 Å². The molecule has 10 nitrogen and oxygen atoms in total. The average Bonchev–Trinajstić information content (AvgIpc) is 2.54. The Labute approximate surface area is 147 Å². The van der Waals surface area contributed by atoms with Gasteiger partial charge in [0, 0.05) is 0 Å². The molecule has 0 saturated heterocycles. The van der Waals surface area contributed by atoms with Crippen LogP contribution in [0.25, 0.3) is 0 Å². The van der Waals surface area contributed by atoms with Gasteiger partial charge in [-0.15, -0.1) is 0 Å². The third-order valence-corrected chi connectivity index (χ3v) is 4.50. The highest BCUT2D eigenvalue weighted by atomic mass is 32.2. The lowest BCUT2D eigenvalue weighted by Gasteiger charge is -1.97. The van der Waals surface area contributed by atoms with Gasteiger partial charge in [-0.2, -0.15) is 16.8 Å². The molecule has 0 heterocycles. The van der Waals surface area contributed by atoms with Crippen molar-refractivity contribution in [2.45, 2.75) is 9.79 Å². The molecule has 0 atom stereocenters. The lowest BCUT2D eigenvalue weighted by Crippen LogP contribution is -2.01. The molecule has 0 fully saturated rings. The maximum absolute atomic E-state index is 10.6. The summed E-state index contributed by atoms with van der Waals surface area (Å²) in [6, 6.07) is 8.73. The van der Waals surface area contributed by atoms with Crippen LogP contribution in [0.1, 0.15) is 20.7 Å². The first-order valence-corrected chi connectivity index (χ1v) is 9.32. The number of hydrogen-bond donors (Lipinski definition) is 4. The molecule has 0 aliphatic carbocycles. The van der Waals surface area contributed by atoms with E-state index in [-0.39, 0.29) is 16.0 Å². The highest BCUT2D eigenvalue weighted by molar-refractivity contribution is 7.86. The summed E-state index contributed by atoms with van der Waals surface area (Å²) in [6.07, 6.45) is 0. The molecule has 0 aliphatic rings. The number of hydrogen-bond acceptors (Lipinski definition) is 6. The molecule has 0 amide bonds. The first-order valence-electron chi connectivity index (χ1n) is 6.44. The summed E-state index contributed by atoms with van der Waals surface area (Å²) in [7, 11) is -8.56. The highest BCUT2D eigenvalue weighted by Gasteiger charge is 2.12. The predicted octanol–water partition coefficient (Wildman–Crippen LogP) is 1.26. The Morgan fingerprint density at radius 2 is 1.12 bits per heavy atom. The second-order valence-corrected chi connectivity index (χ2v) is 7.46. The molecular formula is C14H12O10S2. The zero-order valence-corrected chi connectivity index (χ0v) is 14.3. The van der Waals surface area contributed by atoms with E-state index in [0.717, 1.165) is 36.4 Å². The van der Waals surface area contributed by atoms with E-state index in [1.165, 1.54) is 12.1 Å². The van der Waals surface area contributed by atoms with Gasteiger partial charge in [-0.1, -0.05) is 6.07 Å². The molecule has 2 rings (SSSR count). The Morgan fingerprint density at radius 1 is 0.654 bits per heavy atom. The molecule has 0 aliphatic heterocycles. The van der Waals surface area contributed by atoms with Crippen LogP contribution >= 0.6 is 0 Å². The van der Waals surface area contributed by atoms with Crippen LogP contribution in [-0.4, -0.2) is 48.1 Å². The fraction of sp³-hybridized carbons (Fsp3) is 0. The van der Waals surface area contributed by atoms with Crippen molar-refractivity contribution in [1.82, 2.24) is 0 Å². The Hall–Kier alpha value is -2.80. The van der Waals surface area contributed by atoms with Gasteiger partial charge in [0.1, 0.15) is 0 Å². The maximum atomic E-state index is 10.6. The van der Waals surface area contributed by atoms with Gasteiger partial charge in [-0.3, -0.25) is 9.11 Å². The fourth-order valence-corrected chi connectivity index (χ4v) is 2.57. The smallest absolute Gasteiger partial charge is 0.335 e. The van der Waals surface area contributed by atoms with Crippen LogP contribution in [0, 0.1) is 0 Å². The van der Waals surface area contributed by atoms with E-state index >= 15 is 0 Å². The maximum Gasteiger partial charge on any atom is 0.335 e. The number of rotatable bonds is 4. The third-order valence-electron chi connectivity index (χ3n) is 2.78. The number of benzene rings is 2. The molecule has 0 unspecified atom stereocenters. The van der Waals surface area contributed by atoms with Crippen molar-refractivity contribution in [1.29, 1.82) is 0 Å². The predicted molar refractivity (Wildman–Crippen MR) is 86.4 cm³/mol. The molecule has 0 saturated carbocycles. The Balaban J connectivity index is 0.000000260. The Bertz CT molecular complexity index is 1020. The van der Waals surface area contributed by atoms with E-state index in [1.807, 2.05) is 0 Å². The van der Waals surface area contributed by atoms with Crippen molar-refractivity contribution in [2.75, 3.05) is 0 Å². The molecule has 12 heteroatoms. The van der Waals surface area contributed by atoms with Crippen molar-refractivity contribution >= 4 is 32.2 Å². The molecule has 0 spiro atoms. The van der Waals surface area contributed by atoms with Crippen LogP contribution < -0.4 is 0 Å². The highest BCUT2D eigenvalue weighted by Crippen LogP contribution is 2.11. The fourth-order valence-electron chi connectivity index (χ4n) is 1.56. The molecule has 2 aromatic rings. The summed E-state index contributed by atoms with van der Waals surface area (Å²) in [5.74, 6) is -2.40. The average molecular weight is 404 g/mol. The van der Waals surface area contributed by atoms with E-state index in [9.17, 15) is 26.4 Å². The number of carboxylic acid groups (broad SMARTS) is 2. The second-order valence-electron chi connectivity index (χ2n) is 4.61. The monoisotopic (exact) mass is 404 g/mol. The van der Waals surface area contributed by atoms with E-state index in [2.05, 4.69) is 0 Å². The largest absolute Gasteiger partial charge is 0.478 e. The third kappa shape index (κ3) is 6.25. The summed E-state index contributed by atoms with van der Waals surface area (Å²) in [5.41, 5.74) is -0.220. The van der Waals surface area contributed by atoms with Gasteiger partial charge in [0.25, 0.3) is 20.2 Å². The normalized spacial score (nSPS) is 11.2. The standard InChI is InChI=1S/2C7H6O5S/c8-7(9)5-1-3-6(4-2-5)13(10,11)12;8-7(9)5-2-1-3-6(4-5)13(10,11)12/h2*1-4H,(H,8,9)(H,10,11,12). The second kappa shape index (κ2) is 8.05. The number of aromatic carboxylic acids is 2. The number of carbonyl (C=O) groups is 2. The molecule has 4 N–H and O–H groups in total. The van der Waals surface area contributed by atoms with Gasteiger partial charge in [-0.05, 0) is 42.5 Å². The van der Waals surface area contributed by atoms with Crippen LogP contribution in [0.3, 0.4) is 0 Å². The van der Waals surface area contributed by atoms with Crippen LogP contribution in [0.15, 0.2) is 58.3 Å². The molecular weight excluding hydrogens is 392 g/mol. The Morgan fingerprint density at radius 3 is 1.50 bits per heavy atom.